The predicted molar refractivity (Wildman–Crippen MR) is 123 cm³/mol. The number of hydrogen-bond donors (Lipinski definition) is 2. The van der Waals surface area contributed by atoms with Crippen molar-refractivity contribution in [3.8, 4) is 10.4 Å². The number of piperidine rings is 1. The van der Waals surface area contributed by atoms with E-state index in [0.717, 1.165) is 18.5 Å². The number of fused-ring (bicyclic) bond motifs is 1. The fraction of sp³-hybridized carbons (Fsp3) is 0.391. The van der Waals surface area contributed by atoms with Crippen molar-refractivity contribution in [1.82, 2.24) is 25.0 Å². The standard InChI is InChI=1S/C23H25FN6O2S/c1-3-29-18(7-12(2)28-29)21(31)26-11-16-9-14-10-17(14)30(16)22(32)19-20(33-23(25)27-19)13-5-4-6-15(24)8-13/h4-8,14,16-17H,3,9-11H2,1-2H3,(H2,25,27)(H,26,31)/t14?,16-,17?/m0/s1. The highest BCUT2D eigenvalue weighted by Gasteiger charge is 2.54. The Kier molecular flexibility index (Phi) is 5.40. The molecule has 172 valence electrons. The molecule has 0 radical (unpaired) electrons. The van der Waals surface area contributed by atoms with Gasteiger partial charge >= 0.3 is 0 Å². The van der Waals surface area contributed by atoms with Gasteiger partial charge in [-0.05, 0) is 56.4 Å². The van der Waals surface area contributed by atoms with Gasteiger partial charge in [0.2, 0.25) is 0 Å². The third-order valence-corrected chi connectivity index (χ3v) is 7.24. The van der Waals surface area contributed by atoms with Gasteiger partial charge < -0.3 is 16.0 Å². The summed E-state index contributed by atoms with van der Waals surface area (Å²) in [7, 11) is 0. The van der Waals surface area contributed by atoms with E-state index < -0.39 is 0 Å². The number of carbonyl (C=O) groups excluding carboxylic acids is 2. The Labute approximate surface area is 194 Å². The van der Waals surface area contributed by atoms with Crippen LogP contribution < -0.4 is 11.1 Å². The molecule has 33 heavy (non-hydrogen) atoms. The number of nitrogens with two attached hydrogens (primary N) is 1. The summed E-state index contributed by atoms with van der Waals surface area (Å²) >= 11 is 1.17. The summed E-state index contributed by atoms with van der Waals surface area (Å²) in [5.74, 6) is -0.374. The smallest absolute Gasteiger partial charge is 0.274 e. The Morgan fingerprint density at radius 3 is 2.88 bits per heavy atom. The zero-order chi connectivity index (χ0) is 23.3. The van der Waals surface area contributed by atoms with Gasteiger partial charge in [-0.2, -0.15) is 5.10 Å². The third kappa shape index (κ3) is 3.99. The highest BCUT2D eigenvalue weighted by Crippen LogP contribution is 2.49. The van der Waals surface area contributed by atoms with E-state index in [2.05, 4.69) is 15.4 Å². The van der Waals surface area contributed by atoms with Crippen LogP contribution in [0.4, 0.5) is 9.52 Å². The van der Waals surface area contributed by atoms with Gasteiger partial charge in [-0.3, -0.25) is 14.3 Å². The minimum Gasteiger partial charge on any atom is -0.375 e. The maximum absolute atomic E-state index is 13.8. The van der Waals surface area contributed by atoms with E-state index in [1.54, 1.807) is 22.9 Å². The Hall–Kier alpha value is -3.27. The molecule has 3 atom stereocenters. The van der Waals surface area contributed by atoms with Crippen LogP contribution in [0, 0.1) is 18.7 Å². The molecule has 10 heteroatoms. The van der Waals surface area contributed by atoms with Gasteiger partial charge in [-0.15, -0.1) is 0 Å². The average Bonchev–Trinajstić information content (AvgIpc) is 3.11. The first kappa shape index (κ1) is 21.6. The van der Waals surface area contributed by atoms with Crippen LogP contribution >= 0.6 is 11.3 Å². The average molecular weight is 469 g/mol. The SMILES string of the molecule is CCn1nc(C)cc1C(=O)NC[C@@H]1CC2CC2N1C(=O)c1nc(N)sc1-c1cccc(F)c1. The van der Waals surface area contributed by atoms with Crippen LogP contribution in [0.2, 0.25) is 0 Å². The fourth-order valence-corrected chi connectivity index (χ4v) is 5.58. The maximum Gasteiger partial charge on any atom is 0.274 e. The number of anilines is 1. The first-order valence-electron chi connectivity index (χ1n) is 11.0. The van der Waals surface area contributed by atoms with Gasteiger partial charge in [0.15, 0.2) is 5.13 Å². The number of aromatic nitrogens is 3. The molecule has 1 aliphatic carbocycles. The highest BCUT2D eigenvalue weighted by atomic mass is 32.1. The quantitative estimate of drug-likeness (QED) is 0.578. The second kappa shape index (κ2) is 8.26. The minimum absolute atomic E-state index is 0.132. The van der Waals surface area contributed by atoms with Crippen molar-refractivity contribution in [3.63, 3.8) is 0 Å². The largest absolute Gasteiger partial charge is 0.375 e. The van der Waals surface area contributed by atoms with Crippen molar-refractivity contribution in [1.29, 1.82) is 0 Å². The lowest BCUT2D eigenvalue weighted by Gasteiger charge is -2.27. The summed E-state index contributed by atoms with van der Waals surface area (Å²) in [6, 6.07) is 7.85. The van der Waals surface area contributed by atoms with E-state index in [1.807, 2.05) is 18.7 Å². The topological polar surface area (TPSA) is 106 Å². The fourth-order valence-electron chi connectivity index (χ4n) is 4.76. The summed E-state index contributed by atoms with van der Waals surface area (Å²) < 4.78 is 15.5. The second-order valence-electron chi connectivity index (χ2n) is 8.60. The Bertz CT molecular complexity index is 1240. The summed E-state index contributed by atoms with van der Waals surface area (Å²) in [6.07, 6.45) is 1.78. The number of nitrogens with zero attached hydrogens (tertiary/aromatic N) is 4. The first-order valence-corrected chi connectivity index (χ1v) is 11.8. The molecule has 2 amide bonds. The molecule has 0 spiro atoms. The lowest BCUT2D eigenvalue weighted by Crippen LogP contribution is -2.45. The number of hydrogen-bond acceptors (Lipinski definition) is 6. The van der Waals surface area contributed by atoms with Crippen LogP contribution in [0.1, 0.15) is 46.4 Å². The molecule has 3 N–H and O–H groups in total. The Morgan fingerprint density at radius 1 is 1.30 bits per heavy atom. The molecule has 1 aromatic carbocycles. The molecule has 2 aliphatic rings. The number of carbonyl (C=O) groups is 2. The van der Waals surface area contributed by atoms with Crippen molar-refractivity contribution in [3.05, 3.63) is 53.2 Å². The molecule has 2 unspecified atom stereocenters. The number of likely N-dealkylation sites (tertiary alicyclic amines) is 1. The van der Waals surface area contributed by atoms with Crippen molar-refractivity contribution >= 4 is 28.3 Å². The van der Waals surface area contributed by atoms with Crippen molar-refractivity contribution in [2.75, 3.05) is 12.3 Å². The van der Waals surface area contributed by atoms with Crippen LogP contribution in [0.5, 0.6) is 0 Å². The molecule has 1 aliphatic heterocycles. The number of rotatable bonds is 6. The van der Waals surface area contributed by atoms with Crippen LogP contribution in [0.15, 0.2) is 30.3 Å². The maximum atomic E-state index is 13.8. The molecule has 1 saturated heterocycles. The lowest BCUT2D eigenvalue weighted by atomic mass is 10.1. The van der Waals surface area contributed by atoms with Crippen molar-refractivity contribution < 1.29 is 14.0 Å². The number of nitrogen functional groups attached to an aromatic ring is 1. The zero-order valence-corrected chi connectivity index (χ0v) is 19.2. The van der Waals surface area contributed by atoms with Gasteiger partial charge in [-0.25, -0.2) is 9.37 Å². The molecule has 2 aromatic heterocycles. The van der Waals surface area contributed by atoms with Gasteiger partial charge in [0, 0.05) is 19.1 Å². The van der Waals surface area contributed by atoms with E-state index in [-0.39, 0.29) is 40.5 Å². The summed E-state index contributed by atoms with van der Waals surface area (Å²) in [6.45, 7) is 4.73. The minimum atomic E-state index is -0.386. The number of amides is 2. The van der Waals surface area contributed by atoms with Crippen molar-refractivity contribution in [2.24, 2.45) is 5.92 Å². The summed E-state index contributed by atoms with van der Waals surface area (Å²) in [4.78, 5) is 33.1. The third-order valence-electron chi connectivity index (χ3n) is 6.31. The van der Waals surface area contributed by atoms with E-state index in [4.69, 9.17) is 5.73 Å². The Balaban J connectivity index is 1.36. The molecule has 8 nitrogen and oxygen atoms in total. The van der Waals surface area contributed by atoms with Crippen LogP contribution in [-0.2, 0) is 6.54 Å². The normalized spacial score (nSPS) is 21.2. The number of nitrogens with one attached hydrogen (secondary N) is 1. The predicted octanol–water partition coefficient (Wildman–Crippen LogP) is 3.09. The number of thiazole rings is 1. The first-order chi connectivity index (χ1) is 15.9. The van der Waals surface area contributed by atoms with Gasteiger partial charge in [0.25, 0.3) is 11.8 Å². The molecule has 5 rings (SSSR count). The highest BCUT2D eigenvalue weighted by molar-refractivity contribution is 7.19. The van der Waals surface area contributed by atoms with E-state index in [9.17, 15) is 14.0 Å². The molecule has 3 aromatic rings. The molecular weight excluding hydrogens is 443 g/mol. The molecule has 2 fully saturated rings. The lowest BCUT2D eigenvalue weighted by molar-refractivity contribution is 0.0684. The number of benzene rings is 1. The molecule has 3 heterocycles. The Morgan fingerprint density at radius 2 is 2.12 bits per heavy atom. The van der Waals surface area contributed by atoms with E-state index in [0.29, 0.717) is 35.1 Å². The number of halogens is 1. The van der Waals surface area contributed by atoms with E-state index in [1.165, 1.54) is 23.5 Å². The van der Waals surface area contributed by atoms with Crippen LogP contribution in [0.3, 0.4) is 0 Å². The monoisotopic (exact) mass is 468 g/mol. The van der Waals surface area contributed by atoms with Crippen molar-refractivity contribution in [2.45, 2.75) is 45.3 Å². The number of aryl methyl sites for hydroxylation is 2. The van der Waals surface area contributed by atoms with Crippen LogP contribution in [-0.4, -0.2) is 50.1 Å². The van der Waals surface area contributed by atoms with Gasteiger partial charge in [0.1, 0.15) is 17.2 Å². The molecule has 1 saturated carbocycles. The summed E-state index contributed by atoms with van der Waals surface area (Å²) in [5, 5.41) is 7.57. The van der Waals surface area contributed by atoms with Crippen LogP contribution in [0.25, 0.3) is 10.4 Å². The van der Waals surface area contributed by atoms with Gasteiger partial charge in [0.05, 0.1) is 16.6 Å². The molecule has 0 bridgehead atoms. The second-order valence-corrected chi connectivity index (χ2v) is 9.63. The summed E-state index contributed by atoms with van der Waals surface area (Å²) in [5.41, 5.74) is 8.05. The molecular formula is C23H25FN6O2S. The van der Waals surface area contributed by atoms with Gasteiger partial charge in [-0.1, -0.05) is 23.5 Å². The zero-order valence-electron chi connectivity index (χ0n) is 18.4. The van der Waals surface area contributed by atoms with E-state index >= 15 is 0 Å².